The van der Waals surface area contributed by atoms with Crippen molar-refractivity contribution in [3.05, 3.63) is 24.3 Å². The Kier molecular flexibility index (Phi) is 10.6. The molecule has 2 N–H and O–H groups in total. The number of nitrogens with two attached hydrogens (primary N) is 1. The lowest BCUT2D eigenvalue weighted by Gasteiger charge is -2.03. The van der Waals surface area contributed by atoms with E-state index in [1.807, 2.05) is 23.9 Å². The van der Waals surface area contributed by atoms with Gasteiger partial charge in [0, 0.05) is 10.6 Å². The molecule has 2 heteroatoms. The third kappa shape index (κ3) is 9.30. The normalized spacial score (nSPS) is 10.8. The van der Waals surface area contributed by atoms with Gasteiger partial charge in [0.1, 0.15) is 0 Å². The third-order valence-electron chi connectivity index (χ3n) is 3.65. The Balaban J connectivity index is 1.84. The predicted octanol–water partition coefficient (Wildman–Crippen LogP) is 6.28. The van der Waals surface area contributed by atoms with Gasteiger partial charge in [-0.05, 0) is 36.4 Å². The minimum absolute atomic E-state index is 0.855. The van der Waals surface area contributed by atoms with Crippen LogP contribution in [0.2, 0.25) is 0 Å². The number of benzene rings is 1. The van der Waals surface area contributed by atoms with Crippen molar-refractivity contribution in [2.75, 3.05) is 11.5 Å². The fraction of sp³-hybridized carbons (Fsp3) is 0.667. The molecule has 1 aromatic carbocycles. The first-order chi connectivity index (χ1) is 9.83. The van der Waals surface area contributed by atoms with Crippen LogP contribution in [0.1, 0.15) is 71.1 Å². The van der Waals surface area contributed by atoms with Crippen LogP contribution in [0.3, 0.4) is 0 Å². The quantitative estimate of drug-likeness (QED) is 0.279. The van der Waals surface area contributed by atoms with Crippen molar-refractivity contribution in [3.8, 4) is 0 Å². The second kappa shape index (κ2) is 12.1. The largest absolute Gasteiger partial charge is 0.399 e. The molecule has 114 valence electrons. The summed E-state index contributed by atoms with van der Waals surface area (Å²) in [7, 11) is 0. The van der Waals surface area contributed by atoms with Crippen molar-refractivity contribution in [1.29, 1.82) is 0 Å². The Morgan fingerprint density at radius 2 is 1.25 bits per heavy atom. The predicted molar refractivity (Wildman–Crippen MR) is 93.4 cm³/mol. The molecule has 0 aliphatic rings. The van der Waals surface area contributed by atoms with Gasteiger partial charge < -0.3 is 5.73 Å². The second-order valence-corrected chi connectivity index (χ2v) is 6.77. The third-order valence-corrected chi connectivity index (χ3v) is 4.75. The lowest BCUT2D eigenvalue weighted by molar-refractivity contribution is 0.563. The molecule has 0 saturated carbocycles. The number of hydrogen-bond donors (Lipinski definition) is 1. The van der Waals surface area contributed by atoms with Gasteiger partial charge in [-0.2, -0.15) is 0 Å². The first-order valence-electron chi connectivity index (χ1n) is 8.31. The molecule has 1 aromatic rings. The van der Waals surface area contributed by atoms with Crippen molar-refractivity contribution in [2.24, 2.45) is 0 Å². The zero-order valence-corrected chi connectivity index (χ0v) is 13.9. The van der Waals surface area contributed by atoms with Crippen LogP contribution in [0.15, 0.2) is 29.2 Å². The maximum Gasteiger partial charge on any atom is 0.0314 e. The number of anilines is 1. The fourth-order valence-corrected chi connectivity index (χ4v) is 3.26. The number of hydrogen-bond acceptors (Lipinski definition) is 2. The molecule has 0 amide bonds. The molecular weight excluding hydrogens is 262 g/mol. The van der Waals surface area contributed by atoms with Crippen LogP contribution < -0.4 is 5.73 Å². The molecule has 0 aliphatic carbocycles. The monoisotopic (exact) mass is 293 g/mol. The summed E-state index contributed by atoms with van der Waals surface area (Å²) in [5.41, 5.74) is 6.53. The van der Waals surface area contributed by atoms with Gasteiger partial charge in [-0.15, -0.1) is 11.8 Å². The van der Waals surface area contributed by atoms with E-state index in [9.17, 15) is 0 Å². The molecule has 0 fully saturated rings. The molecule has 20 heavy (non-hydrogen) atoms. The van der Waals surface area contributed by atoms with E-state index in [1.165, 1.54) is 74.9 Å². The number of rotatable bonds is 12. The van der Waals surface area contributed by atoms with Crippen molar-refractivity contribution < 1.29 is 0 Å². The second-order valence-electron chi connectivity index (χ2n) is 5.60. The molecule has 0 aliphatic heterocycles. The van der Waals surface area contributed by atoms with Crippen molar-refractivity contribution in [3.63, 3.8) is 0 Å². The maximum atomic E-state index is 5.68. The van der Waals surface area contributed by atoms with E-state index in [2.05, 4.69) is 19.1 Å². The molecule has 0 atom stereocenters. The zero-order valence-electron chi connectivity index (χ0n) is 13.1. The Bertz CT molecular complexity index is 321. The molecule has 0 saturated heterocycles. The lowest BCUT2D eigenvalue weighted by atomic mass is 10.1. The van der Waals surface area contributed by atoms with Crippen LogP contribution in [-0.2, 0) is 0 Å². The van der Waals surface area contributed by atoms with Gasteiger partial charge in [-0.25, -0.2) is 0 Å². The summed E-state index contributed by atoms with van der Waals surface area (Å²) < 4.78 is 0. The van der Waals surface area contributed by atoms with Crippen LogP contribution in [0.5, 0.6) is 0 Å². The topological polar surface area (TPSA) is 26.0 Å². The van der Waals surface area contributed by atoms with Gasteiger partial charge in [0.2, 0.25) is 0 Å². The average molecular weight is 294 g/mol. The van der Waals surface area contributed by atoms with Gasteiger partial charge in [-0.3, -0.25) is 0 Å². The van der Waals surface area contributed by atoms with E-state index in [1.54, 1.807) is 0 Å². The number of nitrogen functional groups attached to an aromatic ring is 1. The van der Waals surface area contributed by atoms with Crippen LogP contribution >= 0.6 is 11.8 Å². The molecule has 0 radical (unpaired) electrons. The Hall–Kier alpha value is -0.630. The van der Waals surface area contributed by atoms with Crippen LogP contribution in [0.25, 0.3) is 0 Å². The maximum absolute atomic E-state index is 5.68. The molecule has 1 nitrogen and oxygen atoms in total. The summed E-state index contributed by atoms with van der Waals surface area (Å²) in [5.74, 6) is 1.24. The number of thioether (sulfide) groups is 1. The van der Waals surface area contributed by atoms with Crippen LogP contribution in [-0.4, -0.2) is 5.75 Å². The number of unbranched alkanes of at least 4 members (excludes halogenated alkanes) is 9. The van der Waals surface area contributed by atoms with Gasteiger partial charge in [0.05, 0.1) is 0 Å². The fourth-order valence-electron chi connectivity index (χ4n) is 2.34. The molecule has 1 rings (SSSR count). The highest BCUT2D eigenvalue weighted by Crippen LogP contribution is 2.21. The smallest absolute Gasteiger partial charge is 0.0314 e. The lowest BCUT2D eigenvalue weighted by Crippen LogP contribution is -1.85. The highest BCUT2D eigenvalue weighted by Gasteiger charge is 1.95. The molecular formula is C18H31NS. The highest BCUT2D eigenvalue weighted by molar-refractivity contribution is 7.99. The van der Waals surface area contributed by atoms with Crippen LogP contribution in [0.4, 0.5) is 5.69 Å². The van der Waals surface area contributed by atoms with Crippen molar-refractivity contribution >= 4 is 17.4 Å². The SMILES string of the molecule is CCCCCCCCCCCCSc1ccc(N)cc1. The minimum Gasteiger partial charge on any atom is -0.399 e. The first-order valence-corrected chi connectivity index (χ1v) is 9.30. The van der Waals surface area contributed by atoms with E-state index >= 15 is 0 Å². The zero-order chi connectivity index (χ0) is 14.5. The Labute approximate surface area is 129 Å². The highest BCUT2D eigenvalue weighted by atomic mass is 32.2. The van der Waals surface area contributed by atoms with Crippen molar-refractivity contribution in [2.45, 2.75) is 76.0 Å². The molecule has 0 bridgehead atoms. The van der Waals surface area contributed by atoms with E-state index in [0.717, 1.165) is 5.69 Å². The van der Waals surface area contributed by atoms with Gasteiger partial charge in [-0.1, -0.05) is 64.7 Å². The van der Waals surface area contributed by atoms with Gasteiger partial charge >= 0.3 is 0 Å². The van der Waals surface area contributed by atoms with E-state index in [0.29, 0.717) is 0 Å². The van der Waals surface area contributed by atoms with E-state index < -0.39 is 0 Å². The van der Waals surface area contributed by atoms with Gasteiger partial charge in [0.15, 0.2) is 0 Å². The molecule has 0 heterocycles. The van der Waals surface area contributed by atoms with Gasteiger partial charge in [0.25, 0.3) is 0 Å². The Morgan fingerprint density at radius 1 is 0.750 bits per heavy atom. The summed E-state index contributed by atoms with van der Waals surface area (Å²) in [6.07, 6.45) is 14.1. The average Bonchev–Trinajstić information content (AvgIpc) is 2.47. The Morgan fingerprint density at radius 3 is 1.80 bits per heavy atom. The van der Waals surface area contributed by atoms with Crippen LogP contribution in [0, 0.1) is 0 Å². The minimum atomic E-state index is 0.855. The molecule has 0 spiro atoms. The standard InChI is InChI=1S/C18H31NS/c1-2-3-4-5-6-7-8-9-10-11-16-20-18-14-12-17(19)13-15-18/h12-15H,2-11,16,19H2,1H3. The van der Waals surface area contributed by atoms with E-state index in [-0.39, 0.29) is 0 Å². The molecule has 0 unspecified atom stereocenters. The summed E-state index contributed by atoms with van der Waals surface area (Å²) in [6, 6.07) is 8.22. The van der Waals surface area contributed by atoms with E-state index in [4.69, 9.17) is 5.73 Å². The first kappa shape index (κ1) is 17.4. The summed E-state index contributed by atoms with van der Waals surface area (Å²) >= 11 is 1.95. The summed E-state index contributed by atoms with van der Waals surface area (Å²) in [4.78, 5) is 1.34. The summed E-state index contributed by atoms with van der Waals surface area (Å²) in [6.45, 7) is 2.28. The summed E-state index contributed by atoms with van der Waals surface area (Å²) in [5, 5.41) is 0. The molecule has 0 aromatic heterocycles. The van der Waals surface area contributed by atoms with Crippen molar-refractivity contribution in [1.82, 2.24) is 0 Å².